The minimum Gasteiger partial charge on any atom is -0.326 e. The molecule has 234 valence electrons. The van der Waals surface area contributed by atoms with Gasteiger partial charge in [-0.2, -0.15) is 26.3 Å². The Bertz CT molecular complexity index is 2080. The Hall–Kier alpha value is -4.42. The lowest BCUT2D eigenvalue weighted by molar-refractivity contribution is -0.137. The maximum Gasteiger partial charge on any atom is 0.416 e. The molecule has 1 aliphatic heterocycles. The second-order valence-electron chi connectivity index (χ2n) is 10.5. The molecule has 46 heavy (non-hydrogen) atoms. The molecule has 1 atom stereocenters. The van der Waals surface area contributed by atoms with Crippen LogP contribution in [0, 0.1) is 0 Å². The van der Waals surface area contributed by atoms with Crippen LogP contribution in [0.2, 0.25) is 10.0 Å². The Labute approximate surface area is 272 Å². The van der Waals surface area contributed by atoms with Crippen LogP contribution in [0.4, 0.5) is 13.2 Å². The third kappa shape index (κ3) is 7.02. The summed E-state index contributed by atoms with van der Waals surface area (Å²) in [6, 6.07) is 23.4. The van der Waals surface area contributed by atoms with E-state index in [4.69, 9.17) is 28.2 Å². The molecule has 0 bridgehead atoms. The Morgan fingerprint density at radius 3 is 2.28 bits per heavy atom. The zero-order valence-corrected chi connectivity index (χ0v) is 25.9. The van der Waals surface area contributed by atoms with E-state index in [0.29, 0.717) is 50.4 Å². The second-order valence-corrected chi connectivity index (χ2v) is 12.8. The van der Waals surface area contributed by atoms with E-state index in [-0.39, 0.29) is 0 Å². The van der Waals surface area contributed by atoms with Crippen LogP contribution in [0.15, 0.2) is 97.2 Å². The number of halogens is 5. The fraction of sp³-hybridized carbons (Fsp3) is 0.0909. The number of amides is 1. The van der Waals surface area contributed by atoms with E-state index < -0.39 is 33.9 Å². The van der Waals surface area contributed by atoms with E-state index in [1.54, 1.807) is 60.7 Å². The van der Waals surface area contributed by atoms with Crippen molar-refractivity contribution in [2.75, 3.05) is 0 Å². The van der Waals surface area contributed by atoms with Crippen LogP contribution in [-0.2, 0) is 27.7 Å². The molecule has 7 nitrogen and oxygen atoms in total. The molecular formula is C33H23Cl2F3N4O3S. The fourth-order valence-corrected chi connectivity index (χ4v) is 6.51. The zero-order chi connectivity index (χ0) is 32.6. The summed E-state index contributed by atoms with van der Waals surface area (Å²) >= 11 is 12.6. The summed E-state index contributed by atoms with van der Waals surface area (Å²) in [5, 5.41) is 0.916. The van der Waals surface area contributed by atoms with Crippen LogP contribution in [-0.4, -0.2) is 23.9 Å². The third-order valence-corrected chi connectivity index (χ3v) is 8.87. The van der Waals surface area contributed by atoms with Gasteiger partial charge in [-0.15, -0.1) is 0 Å². The van der Waals surface area contributed by atoms with Gasteiger partial charge in [-0.05, 0) is 64.2 Å². The predicted octanol–water partition coefficient (Wildman–Crippen LogP) is 7.77. The monoisotopic (exact) mass is 682 g/mol. The molecule has 1 aliphatic rings. The molecule has 6 rings (SSSR count). The Morgan fingerprint density at radius 2 is 1.63 bits per heavy atom. The van der Waals surface area contributed by atoms with E-state index >= 15 is 0 Å². The van der Waals surface area contributed by atoms with Crippen molar-refractivity contribution in [2.45, 2.75) is 18.8 Å². The summed E-state index contributed by atoms with van der Waals surface area (Å²) in [4.78, 5) is 16.9. The molecule has 2 heterocycles. The van der Waals surface area contributed by atoms with Crippen LogP contribution in [0.1, 0.15) is 34.1 Å². The van der Waals surface area contributed by atoms with Crippen molar-refractivity contribution < 1.29 is 26.4 Å². The van der Waals surface area contributed by atoms with Crippen molar-refractivity contribution in [1.82, 2.24) is 19.0 Å². The number of rotatable bonds is 7. The van der Waals surface area contributed by atoms with E-state index in [1.165, 1.54) is 6.07 Å². The van der Waals surface area contributed by atoms with Crippen LogP contribution >= 0.6 is 23.2 Å². The first-order chi connectivity index (χ1) is 21.8. The molecule has 1 fully saturated rings. The smallest absolute Gasteiger partial charge is 0.326 e. The maximum absolute atomic E-state index is 13.2. The third-order valence-electron chi connectivity index (χ3n) is 7.31. The molecule has 0 aliphatic carbocycles. The average Bonchev–Trinajstić information content (AvgIpc) is 3.54. The molecule has 1 saturated heterocycles. The number of alkyl halides is 3. The van der Waals surface area contributed by atoms with Gasteiger partial charge in [-0.3, -0.25) is 4.79 Å². The van der Waals surface area contributed by atoms with E-state index in [9.17, 15) is 26.4 Å². The van der Waals surface area contributed by atoms with Crippen molar-refractivity contribution in [1.29, 1.82) is 0 Å². The van der Waals surface area contributed by atoms with Crippen LogP contribution in [0.5, 0.6) is 0 Å². The highest BCUT2D eigenvalue weighted by molar-refractivity contribution is 7.88. The highest BCUT2D eigenvalue weighted by atomic mass is 35.5. The summed E-state index contributed by atoms with van der Waals surface area (Å²) in [5.41, 5.74) is 3.85. The van der Waals surface area contributed by atoms with Gasteiger partial charge in [0, 0.05) is 23.3 Å². The molecule has 5 aromatic rings. The van der Waals surface area contributed by atoms with Gasteiger partial charge in [-0.25, -0.2) is 9.71 Å². The Morgan fingerprint density at radius 1 is 0.891 bits per heavy atom. The summed E-state index contributed by atoms with van der Waals surface area (Å²) in [6.07, 6.45) is 1.08. The van der Waals surface area contributed by atoms with Crippen molar-refractivity contribution in [2.24, 2.45) is 0 Å². The van der Waals surface area contributed by atoms with E-state index in [1.807, 2.05) is 39.8 Å². The topological polar surface area (TPSA) is 93.1 Å². The maximum atomic E-state index is 13.2. The lowest BCUT2D eigenvalue weighted by Crippen LogP contribution is -2.24. The number of nitrogens with zero attached hydrogens (tertiary/aromatic N) is 2. The zero-order valence-electron chi connectivity index (χ0n) is 23.6. The molecule has 1 unspecified atom stereocenters. The SMILES string of the molecule is O=C1NS(=O)(=O)NC1c1ccc(Cn2cc(-c3ccc(Cl)cc3Cl)nc2/C=C/c2ccc(-c3cccc(C(F)(F)F)c3)cc2)cc1. The predicted molar refractivity (Wildman–Crippen MR) is 172 cm³/mol. The summed E-state index contributed by atoms with van der Waals surface area (Å²) < 4.78 is 69.1. The minimum absolute atomic E-state index is 0.384. The Kier molecular flexibility index (Phi) is 8.51. The molecule has 0 spiro atoms. The van der Waals surface area contributed by atoms with Crippen LogP contribution < -0.4 is 9.44 Å². The average molecular weight is 684 g/mol. The van der Waals surface area contributed by atoms with Gasteiger partial charge in [0.2, 0.25) is 0 Å². The van der Waals surface area contributed by atoms with Gasteiger partial charge in [0.1, 0.15) is 11.9 Å². The number of benzene rings is 4. The van der Waals surface area contributed by atoms with Crippen molar-refractivity contribution in [3.8, 4) is 22.4 Å². The number of hydrogen-bond acceptors (Lipinski definition) is 4. The molecule has 4 aromatic carbocycles. The number of imidazole rings is 1. The molecular weight excluding hydrogens is 660 g/mol. The van der Waals surface area contributed by atoms with Gasteiger partial charge < -0.3 is 4.57 Å². The molecule has 0 saturated carbocycles. The van der Waals surface area contributed by atoms with Gasteiger partial charge in [-0.1, -0.05) is 89.9 Å². The number of hydrogen-bond donors (Lipinski definition) is 2. The van der Waals surface area contributed by atoms with Crippen molar-refractivity contribution in [3.63, 3.8) is 0 Å². The molecule has 13 heteroatoms. The molecule has 0 radical (unpaired) electrons. The molecule has 1 aromatic heterocycles. The quantitative estimate of drug-likeness (QED) is 0.183. The largest absolute Gasteiger partial charge is 0.416 e. The first-order valence-corrected chi connectivity index (χ1v) is 16.0. The minimum atomic E-state index is -4.43. The number of carbonyl (C=O) groups excluding carboxylic acids is 1. The van der Waals surface area contributed by atoms with Crippen molar-refractivity contribution in [3.05, 3.63) is 135 Å². The van der Waals surface area contributed by atoms with E-state index in [2.05, 4.69) is 4.72 Å². The highest BCUT2D eigenvalue weighted by Gasteiger charge is 2.35. The molecule has 2 N–H and O–H groups in total. The number of carbonyl (C=O) groups is 1. The molecule has 1 amide bonds. The van der Waals surface area contributed by atoms with Gasteiger partial charge >= 0.3 is 16.4 Å². The first kappa shape index (κ1) is 31.6. The lowest BCUT2D eigenvalue weighted by atomic mass is 10.0. The Balaban J connectivity index is 1.27. The van der Waals surface area contributed by atoms with Crippen LogP contribution in [0.25, 0.3) is 34.5 Å². The van der Waals surface area contributed by atoms with Gasteiger partial charge in [0.05, 0.1) is 16.3 Å². The standard InChI is InChI=1S/C33H23Cl2F3N4O3S/c34-26-13-14-27(28(35)17-26)29-19-42(18-21-6-11-23(12-7-21)31-32(43)41-46(44,45)40-31)30(39-29)15-8-20-4-9-22(10-5-20)24-2-1-3-25(16-24)33(36,37)38/h1-17,19,31,40H,18H2,(H,41,43)/b15-8+. The number of aromatic nitrogens is 2. The van der Waals surface area contributed by atoms with Gasteiger partial charge in [0.15, 0.2) is 0 Å². The van der Waals surface area contributed by atoms with E-state index in [0.717, 1.165) is 23.3 Å². The summed E-state index contributed by atoms with van der Waals surface area (Å²) in [6.45, 7) is 0.384. The summed E-state index contributed by atoms with van der Waals surface area (Å²) in [7, 11) is -3.87. The first-order valence-electron chi connectivity index (χ1n) is 13.8. The van der Waals surface area contributed by atoms with Gasteiger partial charge in [0.25, 0.3) is 5.91 Å². The lowest BCUT2D eigenvalue weighted by Gasteiger charge is -2.10. The highest BCUT2D eigenvalue weighted by Crippen LogP contribution is 2.33. The van der Waals surface area contributed by atoms with Crippen molar-refractivity contribution >= 4 is 51.5 Å². The normalized spacial score (nSPS) is 16.2. The fourth-order valence-electron chi connectivity index (χ4n) is 5.01. The number of nitrogens with one attached hydrogen (secondary N) is 2. The second kappa shape index (κ2) is 12.4. The summed E-state index contributed by atoms with van der Waals surface area (Å²) in [5.74, 6) is -0.0582. The van der Waals surface area contributed by atoms with Crippen LogP contribution in [0.3, 0.4) is 0 Å².